The van der Waals surface area contributed by atoms with Crippen molar-refractivity contribution in [1.82, 2.24) is 5.32 Å². The van der Waals surface area contributed by atoms with E-state index >= 15 is 0 Å². The maximum atomic E-state index is 12.1. The van der Waals surface area contributed by atoms with Crippen LogP contribution in [0.25, 0.3) is 0 Å². The lowest BCUT2D eigenvalue weighted by atomic mass is 10.1. The number of rotatable bonds is 8. The number of carboxylic acids is 1. The number of ether oxygens (including phenoxy) is 2. The summed E-state index contributed by atoms with van der Waals surface area (Å²) in [5, 5.41) is 11.4. The molecule has 6 nitrogen and oxygen atoms in total. The van der Waals surface area contributed by atoms with E-state index in [-0.39, 0.29) is 18.4 Å². The highest BCUT2D eigenvalue weighted by atomic mass is 16.5. The van der Waals surface area contributed by atoms with Gasteiger partial charge in [-0.1, -0.05) is 0 Å². The number of amides is 1. The van der Waals surface area contributed by atoms with Crippen LogP contribution in [0.1, 0.15) is 36.5 Å². The fraction of sp³-hybridized carbons (Fsp3) is 0.467. The van der Waals surface area contributed by atoms with Crippen LogP contribution < -0.4 is 14.8 Å². The predicted octanol–water partition coefficient (Wildman–Crippen LogP) is 2.08. The van der Waals surface area contributed by atoms with Crippen molar-refractivity contribution in [3.63, 3.8) is 0 Å². The molecule has 0 aromatic heterocycles. The van der Waals surface area contributed by atoms with Crippen LogP contribution in [0.2, 0.25) is 0 Å². The van der Waals surface area contributed by atoms with Crippen LogP contribution in [0, 0.1) is 0 Å². The second kappa shape index (κ2) is 8.14. The molecule has 1 aromatic rings. The van der Waals surface area contributed by atoms with Gasteiger partial charge in [0, 0.05) is 24.1 Å². The van der Waals surface area contributed by atoms with Gasteiger partial charge in [-0.15, -0.1) is 0 Å². The van der Waals surface area contributed by atoms with E-state index in [4.69, 9.17) is 14.6 Å². The van der Waals surface area contributed by atoms with Gasteiger partial charge in [-0.3, -0.25) is 9.59 Å². The molecule has 1 amide bonds. The van der Waals surface area contributed by atoms with Crippen LogP contribution in [-0.2, 0) is 4.79 Å². The zero-order chi connectivity index (χ0) is 15.8. The van der Waals surface area contributed by atoms with E-state index < -0.39 is 5.97 Å². The van der Waals surface area contributed by atoms with Gasteiger partial charge >= 0.3 is 5.97 Å². The molecule has 0 aliphatic heterocycles. The van der Waals surface area contributed by atoms with Gasteiger partial charge in [0.15, 0.2) is 0 Å². The summed E-state index contributed by atoms with van der Waals surface area (Å²) in [7, 11) is 3.04. The van der Waals surface area contributed by atoms with Crippen molar-refractivity contribution >= 4 is 11.9 Å². The Labute approximate surface area is 124 Å². The Balaban J connectivity index is 2.64. The fourth-order valence-corrected chi connectivity index (χ4v) is 1.88. The predicted molar refractivity (Wildman–Crippen MR) is 78.0 cm³/mol. The summed E-state index contributed by atoms with van der Waals surface area (Å²) in [4.78, 5) is 22.6. The number of aliphatic carboxylic acids is 1. The van der Waals surface area contributed by atoms with E-state index in [0.29, 0.717) is 29.9 Å². The molecule has 0 aliphatic carbocycles. The van der Waals surface area contributed by atoms with Crippen LogP contribution >= 0.6 is 0 Å². The van der Waals surface area contributed by atoms with Crippen LogP contribution in [0.5, 0.6) is 11.5 Å². The Morgan fingerprint density at radius 3 is 2.24 bits per heavy atom. The SMILES string of the molecule is COc1cc(OC)cc(C(=O)NC(C)CCCC(=O)O)c1. The lowest BCUT2D eigenvalue weighted by Gasteiger charge is -2.14. The first-order valence-corrected chi connectivity index (χ1v) is 6.72. The Bertz CT molecular complexity index is 479. The van der Waals surface area contributed by atoms with Crippen LogP contribution in [-0.4, -0.2) is 37.2 Å². The molecule has 0 radical (unpaired) electrons. The molecule has 0 heterocycles. The first-order valence-electron chi connectivity index (χ1n) is 6.72. The van der Waals surface area contributed by atoms with Crippen molar-refractivity contribution in [1.29, 1.82) is 0 Å². The molecule has 1 aromatic carbocycles. The van der Waals surface area contributed by atoms with Crippen LogP contribution in [0.3, 0.4) is 0 Å². The molecular weight excluding hydrogens is 274 g/mol. The van der Waals surface area contributed by atoms with Crippen molar-refractivity contribution in [2.45, 2.75) is 32.2 Å². The maximum Gasteiger partial charge on any atom is 0.303 e. The number of hydrogen-bond acceptors (Lipinski definition) is 4. The number of benzene rings is 1. The molecular formula is C15H21NO5. The number of methoxy groups -OCH3 is 2. The van der Waals surface area contributed by atoms with Crippen LogP contribution in [0.15, 0.2) is 18.2 Å². The first kappa shape index (κ1) is 16.8. The third kappa shape index (κ3) is 5.72. The molecule has 1 atom stereocenters. The first-order chi connectivity index (χ1) is 9.96. The number of hydrogen-bond donors (Lipinski definition) is 2. The molecule has 0 spiro atoms. The van der Waals surface area contributed by atoms with Crippen molar-refractivity contribution < 1.29 is 24.2 Å². The Kier molecular flexibility index (Phi) is 6.52. The lowest BCUT2D eigenvalue weighted by molar-refractivity contribution is -0.137. The molecule has 2 N–H and O–H groups in total. The van der Waals surface area contributed by atoms with Gasteiger partial charge in [-0.2, -0.15) is 0 Å². The standard InChI is InChI=1S/C15H21NO5/c1-10(5-4-6-14(17)18)16-15(19)11-7-12(20-2)9-13(8-11)21-3/h7-10H,4-6H2,1-3H3,(H,16,19)(H,17,18). The van der Waals surface area contributed by atoms with Crippen molar-refractivity contribution in [2.75, 3.05) is 14.2 Å². The Morgan fingerprint density at radius 1 is 1.19 bits per heavy atom. The molecule has 0 aliphatic rings. The zero-order valence-corrected chi connectivity index (χ0v) is 12.5. The summed E-state index contributed by atoms with van der Waals surface area (Å²) in [5.41, 5.74) is 0.441. The normalized spacial score (nSPS) is 11.6. The van der Waals surface area contributed by atoms with Crippen molar-refractivity contribution in [3.8, 4) is 11.5 Å². The second-order valence-electron chi connectivity index (χ2n) is 4.76. The number of carbonyl (C=O) groups is 2. The topological polar surface area (TPSA) is 84.9 Å². The van der Waals surface area contributed by atoms with E-state index in [0.717, 1.165) is 0 Å². The number of carboxylic acid groups (broad SMARTS) is 1. The highest BCUT2D eigenvalue weighted by molar-refractivity contribution is 5.95. The summed E-state index contributed by atoms with van der Waals surface area (Å²) < 4.78 is 10.2. The summed E-state index contributed by atoms with van der Waals surface area (Å²) >= 11 is 0. The third-order valence-electron chi connectivity index (χ3n) is 3.02. The highest BCUT2D eigenvalue weighted by Gasteiger charge is 2.13. The van der Waals surface area contributed by atoms with Gasteiger partial charge in [0.25, 0.3) is 5.91 Å². The van der Waals surface area contributed by atoms with Crippen molar-refractivity contribution in [3.05, 3.63) is 23.8 Å². The molecule has 21 heavy (non-hydrogen) atoms. The van der Waals surface area contributed by atoms with E-state index in [1.54, 1.807) is 18.2 Å². The molecule has 1 rings (SSSR count). The number of nitrogens with one attached hydrogen (secondary N) is 1. The zero-order valence-electron chi connectivity index (χ0n) is 12.5. The minimum atomic E-state index is -0.828. The van der Waals surface area contributed by atoms with Gasteiger partial charge in [0.2, 0.25) is 0 Å². The lowest BCUT2D eigenvalue weighted by Crippen LogP contribution is -2.32. The summed E-state index contributed by atoms with van der Waals surface area (Å²) in [5.74, 6) is 0.0112. The Morgan fingerprint density at radius 2 is 1.76 bits per heavy atom. The summed E-state index contributed by atoms with van der Waals surface area (Å²) in [6.45, 7) is 1.84. The smallest absolute Gasteiger partial charge is 0.303 e. The quantitative estimate of drug-likeness (QED) is 0.767. The molecule has 116 valence electrons. The molecule has 0 bridgehead atoms. The van der Waals surface area contributed by atoms with Gasteiger partial charge in [0.1, 0.15) is 11.5 Å². The third-order valence-corrected chi connectivity index (χ3v) is 3.02. The summed E-state index contributed by atoms with van der Waals surface area (Å²) in [6.07, 6.45) is 1.24. The minimum Gasteiger partial charge on any atom is -0.497 e. The molecule has 6 heteroatoms. The minimum absolute atomic E-state index is 0.103. The molecule has 0 saturated carbocycles. The van der Waals surface area contributed by atoms with E-state index in [9.17, 15) is 9.59 Å². The average molecular weight is 295 g/mol. The average Bonchev–Trinajstić information content (AvgIpc) is 2.46. The van der Waals surface area contributed by atoms with Gasteiger partial charge < -0.3 is 19.9 Å². The second-order valence-corrected chi connectivity index (χ2v) is 4.76. The van der Waals surface area contributed by atoms with Crippen molar-refractivity contribution in [2.24, 2.45) is 0 Å². The Hall–Kier alpha value is -2.24. The molecule has 1 unspecified atom stereocenters. The number of carbonyl (C=O) groups excluding carboxylic acids is 1. The van der Waals surface area contributed by atoms with Crippen LogP contribution in [0.4, 0.5) is 0 Å². The monoisotopic (exact) mass is 295 g/mol. The summed E-state index contributed by atoms with van der Waals surface area (Å²) in [6, 6.07) is 4.84. The van der Waals surface area contributed by atoms with Gasteiger partial charge in [-0.25, -0.2) is 0 Å². The molecule has 0 fully saturated rings. The largest absolute Gasteiger partial charge is 0.497 e. The molecule has 0 saturated heterocycles. The van der Waals surface area contributed by atoms with E-state index in [2.05, 4.69) is 5.32 Å². The maximum absolute atomic E-state index is 12.1. The van der Waals surface area contributed by atoms with E-state index in [1.165, 1.54) is 14.2 Å². The van der Waals surface area contributed by atoms with Gasteiger partial charge in [0.05, 0.1) is 14.2 Å². The highest BCUT2D eigenvalue weighted by Crippen LogP contribution is 2.22. The van der Waals surface area contributed by atoms with Gasteiger partial charge in [-0.05, 0) is 31.9 Å². The van der Waals surface area contributed by atoms with E-state index in [1.807, 2.05) is 6.92 Å². The fourth-order valence-electron chi connectivity index (χ4n) is 1.88.